The van der Waals surface area contributed by atoms with E-state index in [1.807, 2.05) is 0 Å². The number of hydrogen-bond donors (Lipinski definition) is 0. The lowest BCUT2D eigenvalue weighted by Crippen LogP contribution is -2.28. The molecule has 25 heavy (non-hydrogen) atoms. The van der Waals surface area contributed by atoms with Crippen LogP contribution in [0.5, 0.6) is 5.75 Å². The molecule has 2 rings (SSSR count). The van der Waals surface area contributed by atoms with E-state index in [9.17, 15) is 0 Å². The maximum atomic E-state index is 5.67. The van der Waals surface area contributed by atoms with E-state index in [1.54, 1.807) is 7.11 Å². The van der Waals surface area contributed by atoms with Crippen LogP contribution in [0.1, 0.15) is 63.6 Å². The number of methoxy groups -OCH3 is 1. The highest BCUT2D eigenvalue weighted by atomic mass is 16.7. The third-order valence-electron chi connectivity index (χ3n) is 5.36. The molecule has 1 fully saturated rings. The van der Waals surface area contributed by atoms with Gasteiger partial charge in [0.25, 0.3) is 0 Å². The van der Waals surface area contributed by atoms with Gasteiger partial charge in [0.05, 0.1) is 20.3 Å². The minimum absolute atomic E-state index is 0.335. The van der Waals surface area contributed by atoms with Gasteiger partial charge in [0.2, 0.25) is 0 Å². The average Bonchev–Trinajstić information content (AvgIpc) is 3.04. The Morgan fingerprint density at radius 1 is 1.20 bits per heavy atom. The first-order valence-electron chi connectivity index (χ1n) is 9.65. The minimum atomic E-state index is -0.335. The number of aryl methyl sites for hydroxylation is 1. The Hall–Kier alpha value is -1.10. The third kappa shape index (κ3) is 5.70. The molecule has 1 aliphatic heterocycles. The highest BCUT2D eigenvalue weighted by molar-refractivity contribution is 5.36. The molecule has 1 saturated heterocycles. The van der Waals surface area contributed by atoms with Crippen LogP contribution in [0.3, 0.4) is 0 Å². The van der Waals surface area contributed by atoms with Gasteiger partial charge in [0.15, 0.2) is 5.79 Å². The Labute approximate surface area is 153 Å². The first-order chi connectivity index (χ1) is 12.0. The first-order valence-corrected chi connectivity index (χ1v) is 9.65. The van der Waals surface area contributed by atoms with E-state index in [1.165, 1.54) is 24.0 Å². The normalized spacial score (nSPS) is 17.8. The van der Waals surface area contributed by atoms with Gasteiger partial charge in [-0.3, -0.25) is 4.90 Å². The Bertz CT molecular complexity index is 526. The van der Waals surface area contributed by atoms with Gasteiger partial charge in [-0.05, 0) is 70.0 Å². The lowest BCUT2D eigenvalue weighted by atomic mass is 10.0. The van der Waals surface area contributed by atoms with E-state index in [0.717, 1.165) is 44.9 Å². The fourth-order valence-electron chi connectivity index (χ4n) is 3.71. The maximum Gasteiger partial charge on any atom is 0.165 e. The molecule has 1 aromatic rings. The molecule has 4 nitrogen and oxygen atoms in total. The van der Waals surface area contributed by atoms with Crippen molar-refractivity contribution in [2.24, 2.45) is 0 Å². The highest BCUT2D eigenvalue weighted by Gasteiger charge is 2.29. The number of rotatable bonds is 10. The smallest absolute Gasteiger partial charge is 0.165 e. The third-order valence-corrected chi connectivity index (χ3v) is 5.36. The Morgan fingerprint density at radius 3 is 2.52 bits per heavy atom. The fraction of sp³-hybridized carbons (Fsp3) is 0.714. The van der Waals surface area contributed by atoms with Crippen molar-refractivity contribution in [3.05, 3.63) is 29.3 Å². The number of nitrogens with zero attached hydrogens (tertiary/aromatic N) is 1. The van der Waals surface area contributed by atoms with Crippen LogP contribution in [-0.2, 0) is 9.47 Å². The SMILES string of the molecule is CCN(CCCCCC1(C)OCCO1)C(C)c1ccc(OC)cc1C. The van der Waals surface area contributed by atoms with Crippen LogP contribution in [0, 0.1) is 6.92 Å². The lowest BCUT2D eigenvalue weighted by Gasteiger charge is -2.29. The van der Waals surface area contributed by atoms with Crippen LogP contribution < -0.4 is 4.74 Å². The van der Waals surface area contributed by atoms with E-state index in [0.29, 0.717) is 6.04 Å². The molecule has 0 radical (unpaired) electrons. The summed E-state index contributed by atoms with van der Waals surface area (Å²) in [5.41, 5.74) is 2.69. The minimum Gasteiger partial charge on any atom is -0.497 e. The quantitative estimate of drug-likeness (QED) is 0.572. The molecule has 142 valence electrons. The summed E-state index contributed by atoms with van der Waals surface area (Å²) in [7, 11) is 1.72. The fourth-order valence-corrected chi connectivity index (χ4v) is 3.71. The number of ether oxygens (including phenoxy) is 3. The Balaban J connectivity index is 1.79. The molecule has 0 aliphatic carbocycles. The Kier molecular flexibility index (Phi) is 7.73. The van der Waals surface area contributed by atoms with Gasteiger partial charge in [-0.2, -0.15) is 0 Å². The predicted octanol–water partition coefficient (Wildman–Crippen LogP) is 4.71. The van der Waals surface area contributed by atoms with Gasteiger partial charge in [-0.1, -0.05) is 19.4 Å². The van der Waals surface area contributed by atoms with E-state index >= 15 is 0 Å². The highest BCUT2D eigenvalue weighted by Crippen LogP contribution is 2.28. The zero-order valence-electron chi connectivity index (χ0n) is 16.6. The van der Waals surface area contributed by atoms with Crippen LogP contribution in [-0.4, -0.2) is 44.1 Å². The maximum absolute atomic E-state index is 5.67. The summed E-state index contributed by atoms with van der Waals surface area (Å²) in [6.07, 6.45) is 4.58. The van der Waals surface area contributed by atoms with E-state index in [-0.39, 0.29) is 5.79 Å². The molecule has 0 spiro atoms. The van der Waals surface area contributed by atoms with Crippen molar-refractivity contribution in [2.45, 2.75) is 65.2 Å². The molecule has 0 N–H and O–H groups in total. The zero-order chi connectivity index (χ0) is 18.3. The second-order valence-corrected chi connectivity index (χ2v) is 7.17. The Morgan fingerprint density at radius 2 is 1.92 bits per heavy atom. The van der Waals surface area contributed by atoms with Crippen molar-refractivity contribution in [1.82, 2.24) is 4.90 Å². The lowest BCUT2D eigenvalue weighted by molar-refractivity contribution is -0.147. The molecule has 1 aromatic carbocycles. The standard InChI is InChI=1S/C21H35NO3/c1-6-22(13-9-7-8-12-21(4)24-14-15-25-21)18(3)20-11-10-19(23-5)16-17(20)2/h10-11,16,18H,6-9,12-15H2,1-5H3. The molecule has 0 aromatic heterocycles. The molecule has 1 atom stereocenters. The molecule has 4 heteroatoms. The van der Waals surface area contributed by atoms with Crippen molar-refractivity contribution in [3.63, 3.8) is 0 Å². The van der Waals surface area contributed by atoms with Gasteiger partial charge in [0, 0.05) is 12.5 Å². The number of benzene rings is 1. The second-order valence-electron chi connectivity index (χ2n) is 7.17. The van der Waals surface area contributed by atoms with E-state index < -0.39 is 0 Å². The monoisotopic (exact) mass is 349 g/mol. The van der Waals surface area contributed by atoms with E-state index in [2.05, 4.69) is 50.8 Å². The molecule has 1 unspecified atom stereocenters. The predicted molar refractivity (Wildman–Crippen MR) is 102 cm³/mol. The molecule has 1 heterocycles. The van der Waals surface area contributed by atoms with Gasteiger partial charge in [0.1, 0.15) is 5.75 Å². The van der Waals surface area contributed by atoms with Crippen LogP contribution >= 0.6 is 0 Å². The number of hydrogen-bond acceptors (Lipinski definition) is 4. The average molecular weight is 350 g/mol. The van der Waals surface area contributed by atoms with Crippen LogP contribution in [0.4, 0.5) is 0 Å². The summed E-state index contributed by atoms with van der Waals surface area (Å²) in [4.78, 5) is 2.55. The van der Waals surface area contributed by atoms with Gasteiger partial charge < -0.3 is 14.2 Å². The largest absolute Gasteiger partial charge is 0.497 e. The van der Waals surface area contributed by atoms with E-state index in [4.69, 9.17) is 14.2 Å². The van der Waals surface area contributed by atoms with Crippen LogP contribution in [0.15, 0.2) is 18.2 Å². The van der Waals surface area contributed by atoms with Crippen LogP contribution in [0.25, 0.3) is 0 Å². The van der Waals surface area contributed by atoms with Crippen molar-refractivity contribution < 1.29 is 14.2 Å². The summed E-state index contributed by atoms with van der Waals surface area (Å²) in [6.45, 7) is 12.4. The zero-order valence-corrected chi connectivity index (χ0v) is 16.6. The van der Waals surface area contributed by atoms with Crippen molar-refractivity contribution in [1.29, 1.82) is 0 Å². The first kappa shape index (κ1) is 20.2. The van der Waals surface area contributed by atoms with Gasteiger partial charge in [-0.15, -0.1) is 0 Å². The van der Waals surface area contributed by atoms with Crippen LogP contribution in [0.2, 0.25) is 0 Å². The summed E-state index contributed by atoms with van der Waals surface area (Å²) in [5.74, 6) is 0.596. The molecular weight excluding hydrogens is 314 g/mol. The molecule has 0 saturated carbocycles. The molecule has 0 bridgehead atoms. The second kappa shape index (κ2) is 9.56. The summed E-state index contributed by atoms with van der Waals surface area (Å²) >= 11 is 0. The molecule has 1 aliphatic rings. The van der Waals surface area contributed by atoms with Crippen molar-refractivity contribution in [2.75, 3.05) is 33.4 Å². The summed E-state index contributed by atoms with van der Waals surface area (Å²) < 4.78 is 16.7. The van der Waals surface area contributed by atoms with Crippen molar-refractivity contribution >= 4 is 0 Å². The molecule has 0 amide bonds. The van der Waals surface area contributed by atoms with Gasteiger partial charge >= 0.3 is 0 Å². The molecular formula is C21H35NO3. The topological polar surface area (TPSA) is 30.9 Å². The summed E-state index contributed by atoms with van der Waals surface area (Å²) in [5, 5.41) is 0. The summed E-state index contributed by atoms with van der Waals surface area (Å²) in [6, 6.07) is 6.82. The number of unbranched alkanes of at least 4 members (excludes halogenated alkanes) is 2. The van der Waals surface area contributed by atoms with Gasteiger partial charge in [-0.25, -0.2) is 0 Å². The van der Waals surface area contributed by atoms with Crippen molar-refractivity contribution in [3.8, 4) is 5.75 Å².